The molecule has 4 aromatic heterocycles. The molecule has 4 heterocycles. The first-order valence-corrected chi connectivity index (χ1v) is 13.2. The van der Waals surface area contributed by atoms with Crippen molar-refractivity contribution in [1.82, 2.24) is 29.7 Å². The van der Waals surface area contributed by atoms with Crippen molar-refractivity contribution in [1.29, 1.82) is 0 Å². The van der Waals surface area contributed by atoms with Crippen LogP contribution in [0.25, 0.3) is 11.4 Å². The van der Waals surface area contributed by atoms with Crippen molar-refractivity contribution in [2.75, 3.05) is 26.7 Å². The maximum absolute atomic E-state index is 4.56. The van der Waals surface area contributed by atoms with Gasteiger partial charge in [-0.15, -0.1) is 0 Å². The Kier molecular flexibility index (Phi) is 10.3. The minimum Gasteiger partial charge on any atom is -0.299 e. The molecule has 37 heavy (non-hydrogen) atoms. The molecule has 0 atom stereocenters. The van der Waals surface area contributed by atoms with E-state index in [-0.39, 0.29) is 0 Å². The van der Waals surface area contributed by atoms with Gasteiger partial charge in [-0.2, -0.15) is 0 Å². The molecule has 0 aliphatic carbocycles. The lowest BCUT2D eigenvalue weighted by atomic mass is 10.1. The van der Waals surface area contributed by atoms with Gasteiger partial charge in [0, 0.05) is 51.0 Å². The molecule has 0 N–H and O–H groups in total. The van der Waals surface area contributed by atoms with Crippen LogP contribution in [0.3, 0.4) is 0 Å². The van der Waals surface area contributed by atoms with Gasteiger partial charge in [0.05, 0.1) is 22.8 Å². The van der Waals surface area contributed by atoms with Gasteiger partial charge in [0.15, 0.2) is 0 Å². The average Bonchev–Trinajstić information content (AvgIpc) is 2.93. The number of hydrogen-bond acceptors (Lipinski definition) is 6. The highest BCUT2D eigenvalue weighted by molar-refractivity contribution is 5.55. The van der Waals surface area contributed by atoms with Crippen molar-refractivity contribution in [2.45, 2.75) is 45.7 Å². The van der Waals surface area contributed by atoms with Crippen LogP contribution in [-0.4, -0.2) is 56.4 Å². The monoisotopic (exact) mass is 494 g/mol. The molecule has 0 aliphatic rings. The minimum absolute atomic E-state index is 0.865. The minimum atomic E-state index is 0.865. The smallest absolute Gasteiger partial charge is 0.0888 e. The van der Waals surface area contributed by atoms with Crippen LogP contribution in [0.5, 0.6) is 0 Å². The number of unbranched alkanes of at least 4 members (excludes halogenated alkanes) is 2. The summed E-state index contributed by atoms with van der Waals surface area (Å²) in [5.74, 6) is 0. The summed E-state index contributed by atoms with van der Waals surface area (Å²) in [6.45, 7) is 6.92. The summed E-state index contributed by atoms with van der Waals surface area (Å²) in [7, 11) is 2.17. The Morgan fingerprint density at radius 3 is 2.03 bits per heavy atom. The number of pyridine rings is 4. The first-order chi connectivity index (χ1) is 18.2. The fourth-order valence-electron chi connectivity index (χ4n) is 4.44. The molecule has 0 fully saturated rings. The van der Waals surface area contributed by atoms with Crippen LogP contribution >= 0.6 is 0 Å². The van der Waals surface area contributed by atoms with Gasteiger partial charge < -0.3 is 0 Å². The standard InChI is InChI=1S/C31H38N6/c1-26-13-17-34-30(22-26)31-23-27(14-18-35-31)10-4-3-9-19-37(25-29-12-6-8-16-33-29)21-20-36(2)24-28-11-5-7-15-32-28/h5-8,11-18,22-23H,3-4,9-10,19-21,24-25H2,1-2H3. The molecule has 4 aromatic rings. The van der Waals surface area contributed by atoms with Crippen LogP contribution in [-0.2, 0) is 19.5 Å². The Hall–Kier alpha value is -3.48. The van der Waals surface area contributed by atoms with Crippen molar-refractivity contribution >= 4 is 0 Å². The Morgan fingerprint density at radius 1 is 0.622 bits per heavy atom. The van der Waals surface area contributed by atoms with E-state index in [2.05, 4.69) is 86.2 Å². The summed E-state index contributed by atoms with van der Waals surface area (Å²) in [5.41, 5.74) is 6.67. The van der Waals surface area contributed by atoms with Gasteiger partial charge in [0.2, 0.25) is 0 Å². The molecule has 0 aliphatic heterocycles. The molecule has 0 unspecified atom stereocenters. The molecule has 0 aromatic carbocycles. The van der Waals surface area contributed by atoms with Crippen LogP contribution in [0.4, 0.5) is 0 Å². The van der Waals surface area contributed by atoms with E-state index < -0.39 is 0 Å². The molecule has 0 amide bonds. The Bertz CT molecular complexity index is 1200. The second-order valence-electron chi connectivity index (χ2n) is 9.73. The van der Waals surface area contributed by atoms with Crippen molar-refractivity contribution in [3.63, 3.8) is 0 Å². The highest BCUT2D eigenvalue weighted by Crippen LogP contribution is 2.18. The molecule has 0 radical (unpaired) electrons. The van der Waals surface area contributed by atoms with E-state index in [1.165, 1.54) is 30.4 Å². The molecule has 0 saturated carbocycles. The topological polar surface area (TPSA) is 58.0 Å². The summed E-state index contributed by atoms with van der Waals surface area (Å²) >= 11 is 0. The summed E-state index contributed by atoms with van der Waals surface area (Å²) in [4.78, 5) is 22.9. The van der Waals surface area contributed by atoms with Crippen molar-refractivity contribution in [3.8, 4) is 11.4 Å². The molecule has 192 valence electrons. The predicted octanol–water partition coefficient (Wildman–Crippen LogP) is 5.59. The number of aryl methyl sites for hydroxylation is 2. The summed E-state index contributed by atoms with van der Waals surface area (Å²) in [6.07, 6.45) is 12.1. The van der Waals surface area contributed by atoms with Crippen LogP contribution in [0, 0.1) is 6.92 Å². The molecule has 6 nitrogen and oxygen atoms in total. The van der Waals surface area contributed by atoms with Gasteiger partial charge in [0.25, 0.3) is 0 Å². The number of hydrogen-bond donors (Lipinski definition) is 0. The predicted molar refractivity (Wildman–Crippen MR) is 150 cm³/mol. The highest BCUT2D eigenvalue weighted by atomic mass is 15.2. The largest absolute Gasteiger partial charge is 0.299 e. The molecular weight excluding hydrogens is 456 g/mol. The SMILES string of the molecule is Cc1ccnc(-c2cc(CCCCCN(CCN(C)Cc3ccccn3)Cc3ccccn3)ccn2)c1. The van der Waals surface area contributed by atoms with E-state index in [1.54, 1.807) is 0 Å². The van der Waals surface area contributed by atoms with E-state index in [1.807, 2.05) is 43.0 Å². The van der Waals surface area contributed by atoms with E-state index >= 15 is 0 Å². The van der Waals surface area contributed by atoms with Gasteiger partial charge >= 0.3 is 0 Å². The zero-order chi connectivity index (χ0) is 25.7. The maximum atomic E-state index is 4.56. The Morgan fingerprint density at radius 2 is 1.32 bits per heavy atom. The summed E-state index contributed by atoms with van der Waals surface area (Å²) in [5, 5.41) is 0. The van der Waals surface area contributed by atoms with Gasteiger partial charge in [0.1, 0.15) is 0 Å². The highest BCUT2D eigenvalue weighted by Gasteiger charge is 2.10. The summed E-state index contributed by atoms with van der Waals surface area (Å²) < 4.78 is 0. The lowest BCUT2D eigenvalue weighted by Gasteiger charge is -2.25. The van der Waals surface area contributed by atoms with E-state index in [0.29, 0.717) is 0 Å². The molecule has 4 rings (SSSR count). The van der Waals surface area contributed by atoms with Crippen LogP contribution in [0.2, 0.25) is 0 Å². The third-order valence-electron chi connectivity index (χ3n) is 6.51. The zero-order valence-corrected chi connectivity index (χ0v) is 22.1. The Labute approximate surface area is 221 Å². The van der Waals surface area contributed by atoms with Crippen molar-refractivity contribution < 1.29 is 0 Å². The van der Waals surface area contributed by atoms with Crippen LogP contribution in [0.1, 0.15) is 41.8 Å². The first kappa shape index (κ1) is 26.6. The fourth-order valence-corrected chi connectivity index (χ4v) is 4.44. The van der Waals surface area contributed by atoms with E-state index in [4.69, 9.17) is 0 Å². The van der Waals surface area contributed by atoms with Gasteiger partial charge in [-0.3, -0.25) is 29.7 Å². The Balaban J connectivity index is 1.24. The number of likely N-dealkylation sites (N-methyl/N-ethyl adjacent to an activating group) is 1. The second kappa shape index (κ2) is 14.3. The van der Waals surface area contributed by atoms with Crippen molar-refractivity contribution in [3.05, 3.63) is 108 Å². The lowest BCUT2D eigenvalue weighted by Crippen LogP contribution is -2.33. The van der Waals surface area contributed by atoms with Crippen LogP contribution in [0.15, 0.2) is 85.5 Å². The lowest BCUT2D eigenvalue weighted by molar-refractivity contribution is 0.209. The molecule has 0 bridgehead atoms. The average molecular weight is 495 g/mol. The molecular formula is C31H38N6. The van der Waals surface area contributed by atoms with Crippen LogP contribution < -0.4 is 0 Å². The maximum Gasteiger partial charge on any atom is 0.0888 e. The van der Waals surface area contributed by atoms with E-state index in [0.717, 1.165) is 61.9 Å². The fraction of sp³-hybridized carbons (Fsp3) is 0.355. The van der Waals surface area contributed by atoms with Crippen molar-refractivity contribution in [2.24, 2.45) is 0 Å². The zero-order valence-electron chi connectivity index (χ0n) is 22.1. The third-order valence-corrected chi connectivity index (χ3v) is 6.51. The molecule has 0 spiro atoms. The number of aromatic nitrogens is 4. The molecule has 0 saturated heterocycles. The van der Waals surface area contributed by atoms with Gasteiger partial charge in [-0.25, -0.2) is 0 Å². The normalized spacial score (nSPS) is 11.4. The quantitative estimate of drug-likeness (QED) is 0.213. The van der Waals surface area contributed by atoms with Gasteiger partial charge in [-0.1, -0.05) is 18.6 Å². The summed E-state index contributed by atoms with van der Waals surface area (Å²) in [6, 6.07) is 20.7. The molecule has 6 heteroatoms. The number of rotatable bonds is 14. The van der Waals surface area contributed by atoms with E-state index in [9.17, 15) is 0 Å². The van der Waals surface area contributed by atoms with Gasteiger partial charge in [-0.05, 0) is 99.4 Å². The number of nitrogens with zero attached hydrogens (tertiary/aromatic N) is 6. The third kappa shape index (κ3) is 9.16. The second-order valence-corrected chi connectivity index (χ2v) is 9.73. The first-order valence-electron chi connectivity index (χ1n) is 13.2.